The topological polar surface area (TPSA) is 30.5 Å². The summed E-state index contributed by atoms with van der Waals surface area (Å²) in [4.78, 5) is 0. The van der Waals surface area contributed by atoms with Crippen molar-refractivity contribution in [2.45, 2.75) is 12.6 Å². The third-order valence-corrected chi connectivity index (χ3v) is 4.25. The molecule has 0 fully saturated rings. The fraction of sp³-hybridized carbons (Fsp3) is 0.500. The number of benzene rings is 1. The standard InChI is InChI=1S/C12H17Br2NO2/c1-16-8-10(17-2)7-15-6-9-3-4-11(13)12(14)5-9/h3-5,10,15H,6-8H2,1-2H3. The van der Waals surface area contributed by atoms with Crippen LogP contribution in [-0.2, 0) is 16.0 Å². The van der Waals surface area contributed by atoms with Gasteiger partial charge >= 0.3 is 0 Å². The Balaban J connectivity index is 2.37. The summed E-state index contributed by atoms with van der Waals surface area (Å²) < 4.78 is 12.5. The molecule has 1 unspecified atom stereocenters. The molecule has 1 aromatic carbocycles. The fourth-order valence-electron chi connectivity index (χ4n) is 1.42. The molecule has 0 saturated carbocycles. The Kier molecular flexibility index (Phi) is 7.30. The molecule has 5 heteroatoms. The third kappa shape index (κ3) is 5.48. The highest BCUT2D eigenvalue weighted by Crippen LogP contribution is 2.23. The molecular formula is C12H17Br2NO2. The molecule has 0 spiro atoms. The lowest BCUT2D eigenvalue weighted by Crippen LogP contribution is -2.31. The first kappa shape index (κ1) is 15.1. The predicted molar refractivity (Wildman–Crippen MR) is 76.2 cm³/mol. The van der Waals surface area contributed by atoms with E-state index in [4.69, 9.17) is 9.47 Å². The molecule has 0 aliphatic carbocycles. The van der Waals surface area contributed by atoms with Gasteiger partial charge < -0.3 is 14.8 Å². The highest BCUT2D eigenvalue weighted by molar-refractivity contribution is 9.13. The summed E-state index contributed by atoms with van der Waals surface area (Å²) in [7, 11) is 3.37. The smallest absolute Gasteiger partial charge is 0.0928 e. The van der Waals surface area contributed by atoms with Crippen LogP contribution < -0.4 is 5.32 Å². The highest BCUT2D eigenvalue weighted by Gasteiger charge is 2.06. The molecule has 0 bridgehead atoms. The van der Waals surface area contributed by atoms with E-state index in [1.807, 2.05) is 6.07 Å². The molecule has 0 saturated heterocycles. The van der Waals surface area contributed by atoms with Crippen LogP contribution in [0.1, 0.15) is 5.56 Å². The molecule has 3 nitrogen and oxygen atoms in total. The molecule has 0 aliphatic heterocycles. The van der Waals surface area contributed by atoms with Gasteiger partial charge in [0.2, 0.25) is 0 Å². The van der Waals surface area contributed by atoms with E-state index in [2.05, 4.69) is 49.3 Å². The van der Waals surface area contributed by atoms with Crippen LogP contribution in [0.15, 0.2) is 27.1 Å². The van der Waals surface area contributed by atoms with Crippen molar-refractivity contribution in [3.63, 3.8) is 0 Å². The molecule has 0 heterocycles. The van der Waals surface area contributed by atoms with E-state index < -0.39 is 0 Å². The molecule has 0 aromatic heterocycles. The Hall–Kier alpha value is 0.0600. The van der Waals surface area contributed by atoms with Crippen LogP contribution in [0.3, 0.4) is 0 Å². The van der Waals surface area contributed by atoms with Crippen LogP contribution in [0.25, 0.3) is 0 Å². The average molecular weight is 367 g/mol. The summed E-state index contributed by atoms with van der Waals surface area (Å²) in [6.45, 7) is 2.20. The predicted octanol–water partition coefficient (Wildman–Crippen LogP) is 2.96. The van der Waals surface area contributed by atoms with Crippen LogP contribution in [0, 0.1) is 0 Å². The van der Waals surface area contributed by atoms with E-state index in [1.165, 1.54) is 5.56 Å². The first-order valence-corrected chi connectivity index (χ1v) is 6.92. The largest absolute Gasteiger partial charge is 0.382 e. The second-order valence-corrected chi connectivity index (χ2v) is 5.40. The van der Waals surface area contributed by atoms with Crippen LogP contribution in [-0.4, -0.2) is 33.5 Å². The van der Waals surface area contributed by atoms with Crippen LogP contribution in [0.5, 0.6) is 0 Å². The van der Waals surface area contributed by atoms with Crippen molar-refractivity contribution in [3.05, 3.63) is 32.7 Å². The highest BCUT2D eigenvalue weighted by atomic mass is 79.9. The zero-order valence-corrected chi connectivity index (χ0v) is 13.2. The molecule has 96 valence electrons. The lowest BCUT2D eigenvalue weighted by Gasteiger charge is -2.15. The Bertz CT molecular complexity index is 347. The molecule has 0 aliphatic rings. The van der Waals surface area contributed by atoms with E-state index in [9.17, 15) is 0 Å². The number of nitrogens with one attached hydrogen (secondary N) is 1. The summed E-state index contributed by atoms with van der Waals surface area (Å²) in [5.41, 5.74) is 1.23. The normalized spacial score (nSPS) is 12.7. The summed E-state index contributed by atoms with van der Waals surface area (Å²) >= 11 is 6.93. The maximum absolute atomic E-state index is 5.27. The summed E-state index contributed by atoms with van der Waals surface area (Å²) in [6, 6.07) is 6.21. The van der Waals surface area contributed by atoms with E-state index in [1.54, 1.807) is 14.2 Å². The van der Waals surface area contributed by atoms with Crippen molar-refractivity contribution in [1.82, 2.24) is 5.32 Å². The van der Waals surface area contributed by atoms with Crippen molar-refractivity contribution >= 4 is 31.9 Å². The van der Waals surface area contributed by atoms with Crippen molar-refractivity contribution in [2.75, 3.05) is 27.4 Å². The van der Waals surface area contributed by atoms with Crippen LogP contribution in [0.2, 0.25) is 0 Å². The summed E-state index contributed by atoms with van der Waals surface area (Å²) in [5, 5.41) is 3.34. The first-order chi connectivity index (χ1) is 8.17. The van der Waals surface area contributed by atoms with E-state index in [0.717, 1.165) is 22.0 Å². The van der Waals surface area contributed by atoms with Gasteiger partial charge in [-0.1, -0.05) is 6.07 Å². The van der Waals surface area contributed by atoms with Gasteiger partial charge in [-0.15, -0.1) is 0 Å². The minimum atomic E-state index is 0.0962. The molecule has 1 N–H and O–H groups in total. The second kappa shape index (κ2) is 8.21. The maximum atomic E-state index is 5.27. The van der Waals surface area contributed by atoms with Gasteiger partial charge in [0.15, 0.2) is 0 Å². The van der Waals surface area contributed by atoms with Gasteiger partial charge in [-0.25, -0.2) is 0 Å². The van der Waals surface area contributed by atoms with Crippen molar-refractivity contribution in [2.24, 2.45) is 0 Å². The van der Waals surface area contributed by atoms with E-state index in [-0.39, 0.29) is 6.10 Å². The average Bonchev–Trinajstić information content (AvgIpc) is 2.32. The number of hydrogen-bond acceptors (Lipinski definition) is 3. The summed E-state index contributed by atoms with van der Waals surface area (Å²) in [5.74, 6) is 0. The number of halogens is 2. The second-order valence-electron chi connectivity index (χ2n) is 3.69. The minimum absolute atomic E-state index is 0.0962. The number of hydrogen-bond donors (Lipinski definition) is 1. The van der Waals surface area contributed by atoms with Gasteiger partial charge in [-0.05, 0) is 49.6 Å². The fourth-order valence-corrected chi connectivity index (χ4v) is 2.10. The van der Waals surface area contributed by atoms with Crippen molar-refractivity contribution < 1.29 is 9.47 Å². The van der Waals surface area contributed by atoms with Crippen LogP contribution in [0.4, 0.5) is 0 Å². The number of rotatable bonds is 7. The third-order valence-electron chi connectivity index (χ3n) is 2.37. The number of methoxy groups -OCH3 is 2. The Morgan fingerprint density at radius 3 is 2.59 bits per heavy atom. The van der Waals surface area contributed by atoms with Gasteiger partial charge in [0.25, 0.3) is 0 Å². The maximum Gasteiger partial charge on any atom is 0.0928 e. The lowest BCUT2D eigenvalue weighted by atomic mass is 10.2. The van der Waals surface area contributed by atoms with Crippen LogP contribution >= 0.6 is 31.9 Å². The zero-order chi connectivity index (χ0) is 12.7. The quantitative estimate of drug-likeness (QED) is 0.804. The Morgan fingerprint density at radius 2 is 2.00 bits per heavy atom. The number of ether oxygens (including phenoxy) is 2. The van der Waals surface area contributed by atoms with E-state index in [0.29, 0.717) is 6.61 Å². The van der Waals surface area contributed by atoms with E-state index >= 15 is 0 Å². The monoisotopic (exact) mass is 365 g/mol. The van der Waals surface area contributed by atoms with Gasteiger partial charge in [0.1, 0.15) is 0 Å². The van der Waals surface area contributed by atoms with Gasteiger partial charge in [0.05, 0.1) is 12.7 Å². The Labute approximate surface area is 119 Å². The SMILES string of the molecule is COCC(CNCc1ccc(Br)c(Br)c1)OC. The molecule has 0 radical (unpaired) electrons. The van der Waals surface area contributed by atoms with Gasteiger partial charge in [0, 0.05) is 36.3 Å². The summed E-state index contributed by atoms with van der Waals surface area (Å²) in [6.07, 6.45) is 0.0962. The van der Waals surface area contributed by atoms with Gasteiger partial charge in [-0.3, -0.25) is 0 Å². The van der Waals surface area contributed by atoms with Crippen molar-refractivity contribution in [3.8, 4) is 0 Å². The van der Waals surface area contributed by atoms with Crippen molar-refractivity contribution in [1.29, 1.82) is 0 Å². The molecule has 1 aromatic rings. The lowest BCUT2D eigenvalue weighted by molar-refractivity contribution is 0.0288. The molecule has 1 atom stereocenters. The molecule has 17 heavy (non-hydrogen) atoms. The molecular weight excluding hydrogens is 350 g/mol. The Morgan fingerprint density at radius 1 is 1.24 bits per heavy atom. The van der Waals surface area contributed by atoms with Gasteiger partial charge in [-0.2, -0.15) is 0 Å². The minimum Gasteiger partial charge on any atom is -0.382 e. The zero-order valence-electron chi connectivity index (χ0n) is 10.0. The molecule has 0 amide bonds. The first-order valence-electron chi connectivity index (χ1n) is 5.33. The molecule has 1 rings (SSSR count).